The summed E-state index contributed by atoms with van der Waals surface area (Å²) in [5.74, 6) is -1.92. The molecule has 1 saturated heterocycles. The maximum absolute atomic E-state index is 12.1. The highest BCUT2D eigenvalue weighted by Gasteiger charge is 2.41. The molecule has 1 aliphatic heterocycles. The number of carbonyl (C=O) groups is 1. The summed E-state index contributed by atoms with van der Waals surface area (Å²) >= 11 is 0. The first kappa shape index (κ1) is 14.7. The highest BCUT2D eigenvalue weighted by Crippen LogP contribution is 2.23. The summed E-state index contributed by atoms with van der Waals surface area (Å²) in [5, 5.41) is 8.78. The van der Waals surface area contributed by atoms with Gasteiger partial charge in [0.25, 0.3) is 10.2 Å². The first-order chi connectivity index (χ1) is 8.70. The van der Waals surface area contributed by atoms with Crippen LogP contribution in [0, 0.1) is 0 Å². The van der Waals surface area contributed by atoms with Crippen molar-refractivity contribution >= 4 is 26.0 Å². The van der Waals surface area contributed by atoms with Crippen LogP contribution in [0.4, 0.5) is 0 Å². The van der Waals surface area contributed by atoms with Gasteiger partial charge in [0.2, 0.25) is 0 Å². The van der Waals surface area contributed by atoms with Gasteiger partial charge >= 0.3 is 5.97 Å². The molecule has 10 heteroatoms. The zero-order valence-electron chi connectivity index (χ0n) is 10.1. The molecule has 0 aromatic heterocycles. The minimum Gasteiger partial charge on any atom is -0.481 e. The number of nitrogens with zero attached hydrogens (tertiary/aromatic N) is 1. The van der Waals surface area contributed by atoms with E-state index < -0.39 is 44.2 Å². The molecule has 19 heavy (non-hydrogen) atoms. The van der Waals surface area contributed by atoms with Crippen molar-refractivity contribution in [2.24, 2.45) is 0 Å². The Bertz CT molecular complexity index is 566. The maximum Gasteiger partial charge on any atom is 0.305 e. The molecule has 0 aromatic rings. The first-order valence-electron chi connectivity index (χ1n) is 5.91. The number of nitrogens with one attached hydrogen (secondary N) is 1. The summed E-state index contributed by atoms with van der Waals surface area (Å²) in [6, 6.07) is -1.14. The largest absolute Gasteiger partial charge is 0.481 e. The predicted molar refractivity (Wildman–Crippen MR) is 66.5 cm³/mol. The number of rotatable bonds is 5. The minimum absolute atomic E-state index is 0.103. The van der Waals surface area contributed by atoms with Gasteiger partial charge < -0.3 is 5.11 Å². The number of carboxylic acid groups (broad SMARTS) is 1. The van der Waals surface area contributed by atoms with E-state index in [0.717, 1.165) is 17.1 Å². The summed E-state index contributed by atoms with van der Waals surface area (Å²) in [4.78, 5) is 10.7. The number of carboxylic acids is 1. The van der Waals surface area contributed by atoms with E-state index in [0.29, 0.717) is 0 Å². The van der Waals surface area contributed by atoms with Gasteiger partial charge in [0.05, 0.1) is 24.0 Å². The predicted octanol–water partition coefficient (Wildman–Crippen LogP) is -1.44. The van der Waals surface area contributed by atoms with Crippen molar-refractivity contribution in [2.45, 2.75) is 31.3 Å². The van der Waals surface area contributed by atoms with Gasteiger partial charge in [0.1, 0.15) is 0 Å². The van der Waals surface area contributed by atoms with Crippen molar-refractivity contribution in [1.82, 2.24) is 9.03 Å². The van der Waals surface area contributed by atoms with E-state index >= 15 is 0 Å². The fourth-order valence-electron chi connectivity index (χ4n) is 2.03. The number of sulfone groups is 1. The lowest BCUT2D eigenvalue weighted by molar-refractivity contribution is -0.137. The number of hydrogen-bond donors (Lipinski definition) is 2. The fourth-order valence-corrected chi connectivity index (χ4v) is 5.43. The third kappa shape index (κ3) is 3.88. The average molecular weight is 312 g/mol. The molecule has 2 rings (SSSR count). The molecule has 0 bridgehead atoms. The standard InChI is InChI=1S/C9H16N2O6S2/c12-9(13)5-8-6-18(14,15)4-3-11(8)19(16,17)10-7-1-2-7/h7-8,10H,1-6H2,(H,12,13). The molecule has 0 spiro atoms. The van der Waals surface area contributed by atoms with E-state index in [-0.39, 0.29) is 18.3 Å². The molecular weight excluding hydrogens is 296 g/mol. The molecule has 2 N–H and O–H groups in total. The lowest BCUT2D eigenvalue weighted by Gasteiger charge is -2.33. The summed E-state index contributed by atoms with van der Waals surface area (Å²) in [7, 11) is -7.19. The molecule has 1 saturated carbocycles. The molecule has 0 amide bonds. The molecule has 2 aliphatic rings. The summed E-state index contributed by atoms with van der Waals surface area (Å²) in [5.41, 5.74) is 0. The molecule has 1 aliphatic carbocycles. The second-order valence-corrected chi connectivity index (χ2v) is 8.76. The van der Waals surface area contributed by atoms with Crippen molar-refractivity contribution in [3.8, 4) is 0 Å². The van der Waals surface area contributed by atoms with Gasteiger partial charge in [0.15, 0.2) is 9.84 Å². The molecule has 0 aromatic carbocycles. The molecule has 1 heterocycles. The second-order valence-electron chi connectivity index (χ2n) is 4.87. The van der Waals surface area contributed by atoms with Crippen LogP contribution in [0.15, 0.2) is 0 Å². The molecule has 1 unspecified atom stereocenters. The topological polar surface area (TPSA) is 121 Å². The van der Waals surface area contributed by atoms with Crippen molar-refractivity contribution < 1.29 is 26.7 Å². The monoisotopic (exact) mass is 312 g/mol. The number of hydrogen-bond acceptors (Lipinski definition) is 5. The van der Waals surface area contributed by atoms with E-state index in [2.05, 4.69) is 4.72 Å². The Kier molecular flexibility index (Phi) is 3.87. The van der Waals surface area contributed by atoms with Crippen LogP contribution in [0.25, 0.3) is 0 Å². The van der Waals surface area contributed by atoms with Crippen LogP contribution in [0.3, 0.4) is 0 Å². The van der Waals surface area contributed by atoms with Gasteiger partial charge in [-0.1, -0.05) is 0 Å². The van der Waals surface area contributed by atoms with Gasteiger partial charge in [-0.05, 0) is 12.8 Å². The highest BCUT2D eigenvalue weighted by molar-refractivity contribution is 7.92. The molecule has 110 valence electrons. The normalized spacial score (nSPS) is 28.1. The Morgan fingerprint density at radius 1 is 1.37 bits per heavy atom. The Labute approximate surface area is 111 Å². The molecule has 2 fully saturated rings. The lowest BCUT2D eigenvalue weighted by Crippen LogP contribution is -2.55. The third-order valence-electron chi connectivity index (χ3n) is 3.09. The Morgan fingerprint density at radius 2 is 2.00 bits per heavy atom. The average Bonchev–Trinajstić information content (AvgIpc) is 2.97. The summed E-state index contributed by atoms with van der Waals surface area (Å²) < 4.78 is 50.6. The third-order valence-corrected chi connectivity index (χ3v) is 6.51. The molecule has 0 radical (unpaired) electrons. The molecular formula is C9H16N2O6S2. The smallest absolute Gasteiger partial charge is 0.305 e. The van der Waals surface area contributed by atoms with E-state index in [1.165, 1.54) is 0 Å². The summed E-state index contributed by atoms with van der Waals surface area (Å²) in [6.07, 6.45) is 1.01. The van der Waals surface area contributed by atoms with Gasteiger partial charge in [-0.3, -0.25) is 4.79 Å². The van der Waals surface area contributed by atoms with Crippen molar-refractivity contribution in [2.75, 3.05) is 18.1 Å². The van der Waals surface area contributed by atoms with Crippen LogP contribution in [-0.4, -0.2) is 62.4 Å². The first-order valence-corrected chi connectivity index (χ1v) is 9.17. The van der Waals surface area contributed by atoms with Crippen LogP contribution in [-0.2, 0) is 24.8 Å². The van der Waals surface area contributed by atoms with Gasteiger partial charge in [0, 0.05) is 12.6 Å². The summed E-state index contributed by atoms with van der Waals surface area (Å²) in [6.45, 7) is -0.192. The van der Waals surface area contributed by atoms with E-state index in [1.807, 2.05) is 0 Å². The quantitative estimate of drug-likeness (QED) is 0.641. The Balaban J connectivity index is 2.18. The Hall–Kier alpha value is -0.710. The zero-order chi connectivity index (χ0) is 14.3. The van der Waals surface area contributed by atoms with Crippen LogP contribution in [0.1, 0.15) is 19.3 Å². The minimum atomic E-state index is -3.81. The van der Waals surface area contributed by atoms with E-state index in [9.17, 15) is 21.6 Å². The highest BCUT2D eigenvalue weighted by atomic mass is 32.2. The number of aliphatic carboxylic acids is 1. The van der Waals surface area contributed by atoms with Crippen LogP contribution in [0.5, 0.6) is 0 Å². The van der Waals surface area contributed by atoms with Gasteiger partial charge in [-0.15, -0.1) is 0 Å². The van der Waals surface area contributed by atoms with E-state index in [1.54, 1.807) is 0 Å². The fraction of sp³-hybridized carbons (Fsp3) is 0.889. The van der Waals surface area contributed by atoms with Crippen LogP contribution >= 0.6 is 0 Å². The van der Waals surface area contributed by atoms with Crippen LogP contribution < -0.4 is 4.72 Å². The SMILES string of the molecule is O=C(O)CC1CS(=O)(=O)CCN1S(=O)(=O)NC1CC1. The van der Waals surface area contributed by atoms with Crippen molar-refractivity contribution in [3.63, 3.8) is 0 Å². The van der Waals surface area contributed by atoms with Crippen LogP contribution in [0.2, 0.25) is 0 Å². The zero-order valence-corrected chi connectivity index (χ0v) is 11.8. The Morgan fingerprint density at radius 3 is 2.53 bits per heavy atom. The van der Waals surface area contributed by atoms with E-state index in [4.69, 9.17) is 5.11 Å². The van der Waals surface area contributed by atoms with Gasteiger partial charge in [-0.2, -0.15) is 17.4 Å². The van der Waals surface area contributed by atoms with Gasteiger partial charge in [-0.25, -0.2) is 8.42 Å². The van der Waals surface area contributed by atoms with Crippen molar-refractivity contribution in [1.29, 1.82) is 0 Å². The molecule has 8 nitrogen and oxygen atoms in total. The van der Waals surface area contributed by atoms with Crippen molar-refractivity contribution in [3.05, 3.63) is 0 Å². The molecule has 1 atom stereocenters. The lowest BCUT2D eigenvalue weighted by atomic mass is 10.2. The maximum atomic E-state index is 12.1. The second kappa shape index (κ2) is 5.00.